The van der Waals surface area contributed by atoms with Gasteiger partial charge in [0.1, 0.15) is 0 Å². The van der Waals surface area contributed by atoms with Crippen molar-refractivity contribution in [2.75, 3.05) is 11.1 Å². The van der Waals surface area contributed by atoms with Gasteiger partial charge in [-0.2, -0.15) is 0 Å². The smallest absolute Gasteiger partial charge is 0.161 e. The number of para-hydroxylation sites is 1. The predicted molar refractivity (Wildman–Crippen MR) is 73.5 cm³/mol. The van der Waals surface area contributed by atoms with E-state index in [0.717, 1.165) is 17.3 Å². The van der Waals surface area contributed by atoms with Crippen molar-refractivity contribution < 1.29 is 0 Å². The number of nitrogens with zero attached hydrogens (tertiary/aromatic N) is 1. The van der Waals surface area contributed by atoms with Gasteiger partial charge in [0, 0.05) is 11.4 Å². The lowest BCUT2D eigenvalue weighted by atomic mass is 10.1. The molecular weight excluding hydrogens is 216 g/mol. The van der Waals surface area contributed by atoms with Gasteiger partial charge in [-0.05, 0) is 31.4 Å². The van der Waals surface area contributed by atoms with E-state index in [9.17, 15) is 0 Å². The Bertz CT molecular complexity index is 392. The monoisotopic (exact) mass is 234 g/mol. The largest absolute Gasteiger partial charge is 0.335 e. The van der Waals surface area contributed by atoms with Gasteiger partial charge in [0.2, 0.25) is 0 Å². The zero-order chi connectivity index (χ0) is 11.5. The van der Waals surface area contributed by atoms with Gasteiger partial charge in [0.25, 0.3) is 0 Å². The van der Waals surface area contributed by atoms with Crippen LogP contribution in [0, 0.1) is 13.8 Å². The Labute approximate surface area is 102 Å². The number of hydrogen-bond donors (Lipinski definition) is 1. The summed E-state index contributed by atoms with van der Waals surface area (Å²) in [5.41, 5.74) is 3.78. The highest BCUT2D eigenvalue weighted by molar-refractivity contribution is 8.14. The SMILES string of the molecule is CC[C@H]1CSC(Nc2c(C)cccc2C)=N1. The molecule has 1 aromatic rings. The summed E-state index contributed by atoms with van der Waals surface area (Å²) in [6, 6.07) is 6.85. The lowest BCUT2D eigenvalue weighted by Gasteiger charge is -2.11. The highest BCUT2D eigenvalue weighted by Crippen LogP contribution is 2.25. The van der Waals surface area contributed by atoms with Gasteiger partial charge in [-0.3, -0.25) is 4.99 Å². The van der Waals surface area contributed by atoms with Crippen LogP contribution in [0.2, 0.25) is 0 Å². The summed E-state index contributed by atoms with van der Waals surface area (Å²) in [5, 5.41) is 4.53. The van der Waals surface area contributed by atoms with Crippen molar-refractivity contribution in [1.29, 1.82) is 0 Å². The normalized spacial score (nSPS) is 19.7. The van der Waals surface area contributed by atoms with E-state index in [4.69, 9.17) is 0 Å². The van der Waals surface area contributed by atoms with Crippen LogP contribution in [-0.2, 0) is 0 Å². The number of thioether (sulfide) groups is 1. The van der Waals surface area contributed by atoms with Crippen LogP contribution in [0.1, 0.15) is 24.5 Å². The average molecular weight is 234 g/mol. The molecule has 0 unspecified atom stereocenters. The first kappa shape index (κ1) is 11.5. The maximum absolute atomic E-state index is 4.65. The molecule has 0 aliphatic carbocycles. The second-order valence-corrected chi connectivity index (χ2v) is 5.21. The minimum atomic E-state index is 0.497. The fourth-order valence-electron chi connectivity index (χ4n) is 1.81. The summed E-state index contributed by atoms with van der Waals surface area (Å²) >= 11 is 1.83. The molecule has 1 aliphatic heterocycles. The van der Waals surface area contributed by atoms with E-state index in [1.807, 2.05) is 11.8 Å². The molecule has 0 aromatic heterocycles. The van der Waals surface area contributed by atoms with Gasteiger partial charge in [0.15, 0.2) is 5.17 Å². The van der Waals surface area contributed by atoms with Gasteiger partial charge < -0.3 is 5.32 Å². The lowest BCUT2D eigenvalue weighted by Crippen LogP contribution is -2.08. The molecule has 16 heavy (non-hydrogen) atoms. The molecule has 1 aromatic carbocycles. The number of aryl methyl sites for hydroxylation is 2. The highest BCUT2D eigenvalue weighted by atomic mass is 32.2. The molecule has 0 bridgehead atoms. The summed E-state index contributed by atoms with van der Waals surface area (Å²) in [6.07, 6.45) is 1.13. The Hall–Kier alpha value is -0.960. The molecule has 1 aliphatic rings. The Kier molecular flexibility index (Phi) is 3.54. The number of amidine groups is 1. The molecule has 1 N–H and O–H groups in total. The molecule has 3 heteroatoms. The maximum Gasteiger partial charge on any atom is 0.161 e. The molecule has 2 nitrogen and oxygen atoms in total. The minimum absolute atomic E-state index is 0.497. The van der Waals surface area contributed by atoms with Crippen LogP contribution in [0.15, 0.2) is 23.2 Å². The van der Waals surface area contributed by atoms with E-state index in [0.29, 0.717) is 6.04 Å². The van der Waals surface area contributed by atoms with Crippen molar-refractivity contribution in [3.05, 3.63) is 29.3 Å². The molecular formula is C13H18N2S. The third kappa shape index (κ3) is 2.40. The molecule has 0 fully saturated rings. The van der Waals surface area contributed by atoms with Crippen LogP contribution < -0.4 is 5.32 Å². The van der Waals surface area contributed by atoms with E-state index >= 15 is 0 Å². The first-order valence-corrected chi connectivity index (χ1v) is 6.73. The summed E-state index contributed by atoms with van der Waals surface area (Å²) in [7, 11) is 0. The summed E-state index contributed by atoms with van der Waals surface area (Å²) in [6.45, 7) is 6.45. The Morgan fingerprint density at radius 1 is 1.38 bits per heavy atom. The number of anilines is 1. The van der Waals surface area contributed by atoms with Crippen LogP contribution in [-0.4, -0.2) is 17.0 Å². The molecule has 0 saturated heterocycles. The lowest BCUT2D eigenvalue weighted by molar-refractivity contribution is 0.738. The molecule has 0 radical (unpaired) electrons. The Balaban J connectivity index is 2.16. The fraction of sp³-hybridized carbons (Fsp3) is 0.462. The van der Waals surface area contributed by atoms with Crippen LogP contribution in [0.5, 0.6) is 0 Å². The van der Waals surface area contributed by atoms with Gasteiger partial charge in [-0.25, -0.2) is 0 Å². The van der Waals surface area contributed by atoms with Crippen LogP contribution in [0.25, 0.3) is 0 Å². The third-order valence-corrected chi connectivity index (χ3v) is 3.93. The zero-order valence-electron chi connectivity index (χ0n) is 10.1. The van der Waals surface area contributed by atoms with Crippen LogP contribution >= 0.6 is 11.8 Å². The third-order valence-electron chi connectivity index (χ3n) is 2.90. The Morgan fingerprint density at radius 3 is 2.62 bits per heavy atom. The number of benzene rings is 1. The van der Waals surface area contributed by atoms with E-state index in [1.54, 1.807) is 0 Å². The average Bonchev–Trinajstić information content (AvgIpc) is 2.71. The number of nitrogens with one attached hydrogen (secondary N) is 1. The minimum Gasteiger partial charge on any atom is -0.335 e. The standard InChI is InChI=1S/C13H18N2S/c1-4-11-8-16-13(14-11)15-12-9(2)6-5-7-10(12)3/h5-7,11H,4,8H2,1-3H3,(H,14,15)/t11-/m0/s1. The first-order chi connectivity index (χ1) is 7.70. The number of rotatable bonds is 2. The van der Waals surface area contributed by atoms with Crippen molar-refractivity contribution in [2.24, 2.45) is 4.99 Å². The quantitative estimate of drug-likeness (QED) is 0.845. The van der Waals surface area contributed by atoms with E-state index in [-0.39, 0.29) is 0 Å². The van der Waals surface area contributed by atoms with Crippen LogP contribution in [0.3, 0.4) is 0 Å². The van der Waals surface area contributed by atoms with Crippen molar-refractivity contribution in [3.8, 4) is 0 Å². The van der Waals surface area contributed by atoms with Crippen LogP contribution in [0.4, 0.5) is 5.69 Å². The van der Waals surface area contributed by atoms with Gasteiger partial charge in [0.05, 0.1) is 6.04 Å². The molecule has 1 atom stereocenters. The van der Waals surface area contributed by atoms with Gasteiger partial charge in [-0.1, -0.05) is 36.9 Å². The van der Waals surface area contributed by atoms with E-state index in [1.165, 1.54) is 16.8 Å². The molecule has 1 heterocycles. The molecule has 0 saturated carbocycles. The molecule has 0 spiro atoms. The molecule has 86 valence electrons. The fourth-order valence-corrected chi connectivity index (χ4v) is 2.87. The van der Waals surface area contributed by atoms with Crippen molar-refractivity contribution in [3.63, 3.8) is 0 Å². The van der Waals surface area contributed by atoms with E-state index in [2.05, 4.69) is 49.3 Å². The number of aliphatic imine (C=N–C) groups is 1. The van der Waals surface area contributed by atoms with Crippen molar-refractivity contribution >= 4 is 22.6 Å². The van der Waals surface area contributed by atoms with Crippen molar-refractivity contribution in [1.82, 2.24) is 0 Å². The van der Waals surface area contributed by atoms with Gasteiger partial charge in [-0.15, -0.1) is 0 Å². The summed E-state index contributed by atoms with van der Waals surface area (Å²) in [4.78, 5) is 4.65. The van der Waals surface area contributed by atoms with Crippen molar-refractivity contribution in [2.45, 2.75) is 33.2 Å². The number of hydrogen-bond acceptors (Lipinski definition) is 3. The molecule has 2 rings (SSSR count). The topological polar surface area (TPSA) is 24.4 Å². The Morgan fingerprint density at radius 2 is 2.06 bits per heavy atom. The predicted octanol–water partition coefficient (Wildman–Crippen LogP) is 3.60. The first-order valence-electron chi connectivity index (χ1n) is 5.74. The summed E-state index contributed by atoms with van der Waals surface area (Å²) < 4.78 is 0. The van der Waals surface area contributed by atoms with E-state index < -0.39 is 0 Å². The second-order valence-electron chi connectivity index (χ2n) is 4.20. The second kappa shape index (κ2) is 4.91. The highest BCUT2D eigenvalue weighted by Gasteiger charge is 2.17. The maximum atomic E-state index is 4.65. The molecule has 0 amide bonds. The van der Waals surface area contributed by atoms with Gasteiger partial charge >= 0.3 is 0 Å². The zero-order valence-corrected chi connectivity index (χ0v) is 10.9. The summed E-state index contributed by atoms with van der Waals surface area (Å²) in [5.74, 6) is 1.11.